The van der Waals surface area contributed by atoms with Gasteiger partial charge in [0.2, 0.25) is 0 Å². The van der Waals surface area contributed by atoms with Crippen LogP contribution in [0.15, 0.2) is 24.4 Å². The van der Waals surface area contributed by atoms with Crippen LogP contribution < -0.4 is 5.32 Å². The van der Waals surface area contributed by atoms with Gasteiger partial charge in [-0.15, -0.1) is 0 Å². The molecule has 1 atom stereocenters. The van der Waals surface area contributed by atoms with Gasteiger partial charge in [0.15, 0.2) is 0 Å². The summed E-state index contributed by atoms with van der Waals surface area (Å²) in [4.78, 5) is 7.09. The third-order valence-corrected chi connectivity index (χ3v) is 4.06. The number of hydrogen-bond donors (Lipinski definition) is 1. The van der Waals surface area contributed by atoms with Gasteiger partial charge in [0.05, 0.1) is 0 Å². The van der Waals surface area contributed by atoms with Crippen molar-refractivity contribution >= 4 is 0 Å². The van der Waals surface area contributed by atoms with Crippen LogP contribution in [0.5, 0.6) is 0 Å². The summed E-state index contributed by atoms with van der Waals surface area (Å²) in [6.07, 6.45) is 7.04. The summed E-state index contributed by atoms with van der Waals surface area (Å²) in [5.41, 5.74) is 1.21. The SMILES string of the molecule is CC(C)CNCC1CCCCN1CCc1ccccn1. The van der Waals surface area contributed by atoms with Crippen LogP contribution in [0.2, 0.25) is 0 Å². The number of nitrogens with zero attached hydrogens (tertiary/aromatic N) is 2. The highest BCUT2D eigenvalue weighted by atomic mass is 15.2. The number of nitrogens with one attached hydrogen (secondary N) is 1. The van der Waals surface area contributed by atoms with Crippen LogP contribution >= 0.6 is 0 Å². The van der Waals surface area contributed by atoms with E-state index in [9.17, 15) is 0 Å². The molecule has 1 N–H and O–H groups in total. The van der Waals surface area contributed by atoms with E-state index in [2.05, 4.69) is 41.2 Å². The van der Waals surface area contributed by atoms with Crippen LogP contribution in [-0.4, -0.2) is 42.1 Å². The lowest BCUT2D eigenvalue weighted by atomic mass is 10.0. The number of piperidine rings is 1. The van der Waals surface area contributed by atoms with Gasteiger partial charge < -0.3 is 5.32 Å². The average molecular weight is 275 g/mol. The molecule has 0 radical (unpaired) electrons. The minimum atomic E-state index is 0.714. The number of hydrogen-bond acceptors (Lipinski definition) is 3. The largest absolute Gasteiger partial charge is 0.315 e. The molecule has 2 rings (SSSR count). The van der Waals surface area contributed by atoms with Crippen LogP contribution in [0.4, 0.5) is 0 Å². The third-order valence-electron chi connectivity index (χ3n) is 4.06. The van der Waals surface area contributed by atoms with E-state index < -0.39 is 0 Å². The molecule has 1 aliphatic heterocycles. The fourth-order valence-corrected chi connectivity index (χ4v) is 2.93. The molecule has 0 aliphatic carbocycles. The van der Waals surface area contributed by atoms with E-state index in [-0.39, 0.29) is 0 Å². The highest BCUT2D eigenvalue weighted by Gasteiger charge is 2.21. The van der Waals surface area contributed by atoms with Gasteiger partial charge in [-0.3, -0.25) is 9.88 Å². The maximum absolute atomic E-state index is 4.43. The van der Waals surface area contributed by atoms with Crippen molar-refractivity contribution in [2.75, 3.05) is 26.2 Å². The molecule has 3 heteroatoms. The molecule has 0 amide bonds. The summed E-state index contributed by atoms with van der Waals surface area (Å²) in [6, 6.07) is 6.92. The lowest BCUT2D eigenvalue weighted by Crippen LogP contribution is -2.46. The molecule has 1 unspecified atom stereocenters. The standard InChI is InChI=1S/C17H29N3/c1-15(2)13-18-14-17-8-4-6-11-20(17)12-9-16-7-3-5-10-19-16/h3,5,7,10,15,17-18H,4,6,8-9,11-14H2,1-2H3. The first kappa shape index (κ1) is 15.5. The highest BCUT2D eigenvalue weighted by molar-refractivity contribution is 5.04. The van der Waals surface area contributed by atoms with E-state index in [0.29, 0.717) is 6.04 Å². The first-order chi connectivity index (χ1) is 9.75. The Kier molecular flexibility index (Phi) is 6.48. The normalized spacial score (nSPS) is 20.4. The molecule has 0 aromatic carbocycles. The molecular formula is C17H29N3. The molecule has 0 spiro atoms. The Bertz CT molecular complexity index is 364. The smallest absolute Gasteiger partial charge is 0.0416 e. The van der Waals surface area contributed by atoms with Gasteiger partial charge in [-0.25, -0.2) is 0 Å². The van der Waals surface area contributed by atoms with E-state index in [4.69, 9.17) is 0 Å². The van der Waals surface area contributed by atoms with Crippen LogP contribution in [0.25, 0.3) is 0 Å². The first-order valence-corrected chi connectivity index (χ1v) is 8.10. The van der Waals surface area contributed by atoms with E-state index in [1.165, 1.54) is 31.5 Å². The number of rotatable bonds is 7. The summed E-state index contributed by atoms with van der Waals surface area (Å²) in [6.45, 7) is 9.20. The maximum atomic E-state index is 4.43. The molecule has 1 aromatic rings. The second-order valence-corrected chi connectivity index (χ2v) is 6.31. The molecule has 3 nitrogen and oxygen atoms in total. The van der Waals surface area contributed by atoms with Gasteiger partial charge in [-0.1, -0.05) is 26.3 Å². The minimum Gasteiger partial charge on any atom is -0.315 e. The molecule has 1 aromatic heterocycles. The van der Waals surface area contributed by atoms with Crippen LogP contribution in [0, 0.1) is 5.92 Å². The summed E-state index contributed by atoms with van der Waals surface area (Å²) in [5.74, 6) is 0.737. The Morgan fingerprint density at radius 3 is 3.00 bits per heavy atom. The molecule has 1 saturated heterocycles. The maximum Gasteiger partial charge on any atom is 0.0416 e. The van der Waals surface area contributed by atoms with Crippen molar-refractivity contribution in [2.45, 2.75) is 45.6 Å². The fraction of sp³-hybridized carbons (Fsp3) is 0.706. The molecule has 1 fully saturated rings. The molecule has 0 bridgehead atoms. The zero-order valence-electron chi connectivity index (χ0n) is 13.0. The Balaban J connectivity index is 1.77. The lowest BCUT2D eigenvalue weighted by Gasteiger charge is -2.36. The highest BCUT2D eigenvalue weighted by Crippen LogP contribution is 2.16. The number of pyridine rings is 1. The number of aromatic nitrogens is 1. The van der Waals surface area contributed by atoms with Crippen molar-refractivity contribution in [1.29, 1.82) is 0 Å². The van der Waals surface area contributed by atoms with E-state index >= 15 is 0 Å². The van der Waals surface area contributed by atoms with Crippen LogP contribution in [0.3, 0.4) is 0 Å². The van der Waals surface area contributed by atoms with Gasteiger partial charge >= 0.3 is 0 Å². The Morgan fingerprint density at radius 1 is 1.35 bits per heavy atom. The quantitative estimate of drug-likeness (QED) is 0.829. The van der Waals surface area contributed by atoms with E-state index in [1.807, 2.05) is 12.3 Å². The van der Waals surface area contributed by atoms with E-state index in [0.717, 1.165) is 32.0 Å². The van der Waals surface area contributed by atoms with Gasteiger partial charge in [-0.05, 0) is 44.0 Å². The first-order valence-electron chi connectivity index (χ1n) is 8.10. The van der Waals surface area contributed by atoms with Crippen molar-refractivity contribution in [3.63, 3.8) is 0 Å². The summed E-state index contributed by atoms with van der Waals surface area (Å²) in [5, 5.41) is 3.63. The van der Waals surface area contributed by atoms with Crippen molar-refractivity contribution in [3.8, 4) is 0 Å². The molecule has 20 heavy (non-hydrogen) atoms. The Morgan fingerprint density at radius 2 is 2.25 bits per heavy atom. The average Bonchev–Trinajstić information content (AvgIpc) is 2.47. The van der Waals surface area contributed by atoms with Gasteiger partial charge in [-0.2, -0.15) is 0 Å². The minimum absolute atomic E-state index is 0.714. The monoisotopic (exact) mass is 275 g/mol. The molecule has 1 aliphatic rings. The number of likely N-dealkylation sites (tertiary alicyclic amines) is 1. The van der Waals surface area contributed by atoms with E-state index in [1.54, 1.807) is 0 Å². The van der Waals surface area contributed by atoms with Crippen molar-refractivity contribution < 1.29 is 0 Å². The summed E-state index contributed by atoms with van der Waals surface area (Å²) >= 11 is 0. The summed E-state index contributed by atoms with van der Waals surface area (Å²) < 4.78 is 0. The summed E-state index contributed by atoms with van der Waals surface area (Å²) in [7, 11) is 0. The predicted octanol–water partition coefficient (Wildman–Crippen LogP) is 2.72. The van der Waals surface area contributed by atoms with Crippen molar-refractivity contribution in [3.05, 3.63) is 30.1 Å². The molecule has 2 heterocycles. The van der Waals surface area contributed by atoms with Gasteiger partial charge in [0.25, 0.3) is 0 Å². The third kappa shape index (κ3) is 5.22. The zero-order valence-corrected chi connectivity index (χ0v) is 13.0. The molecular weight excluding hydrogens is 246 g/mol. The zero-order chi connectivity index (χ0) is 14.2. The second-order valence-electron chi connectivity index (χ2n) is 6.31. The van der Waals surface area contributed by atoms with Crippen molar-refractivity contribution in [1.82, 2.24) is 15.2 Å². The molecule has 112 valence electrons. The fourth-order valence-electron chi connectivity index (χ4n) is 2.93. The Hall–Kier alpha value is -0.930. The topological polar surface area (TPSA) is 28.2 Å². The molecule has 0 saturated carbocycles. The van der Waals surface area contributed by atoms with Gasteiger partial charge in [0, 0.05) is 37.4 Å². The van der Waals surface area contributed by atoms with Crippen LogP contribution in [0.1, 0.15) is 38.8 Å². The second kappa shape index (κ2) is 8.38. The van der Waals surface area contributed by atoms with Crippen molar-refractivity contribution in [2.24, 2.45) is 5.92 Å². The van der Waals surface area contributed by atoms with Crippen LogP contribution in [-0.2, 0) is 6.42 Å². The van der Waals surface area contributed by atoms with Gasteiger partial charge in [0.1, 0.15) is 0 Å². The Labute approximate surface area is 123 Å². The predicted molar refractivity (Wildman–Crippen MR) is 84.9 cm³/mol. The lowest BCUT2D eigenvalue weighted by molar-refractivity contribution is 0.146.